The molecule has 0 heterocycles. The van der Waals surface area contributed by atoms with Gasteiger partial charge in [0.25, 0.3) is 0 Å². The molecule has 0 radical (unpaired) electrons. The van der Waals surface area contributed by atoms with Crippen molar-refractivity contribution in [2.45, 2.75) is 6.18 Å². The van der Waals surface area contributed by atoms with Crippen LogP contribution in [-0.2, 0) is 6.18 Å². The Morgan fingerprint density at radius 1 is 0.857 bits per heavy atom. The Kier molecular flexibility index (Phi) is 2.10. The van der Waals surface area contributed by atoms with Crippen LogP contribution in [0.5, 0.6) is 0 Å². The summed E-state index contributed by atoms with van der Waals surface area (Å²) in [5.74, 6) is 0. The van der Waals surface area contributed by atoms with Gasteiger partial charge in [0, 0.05) is 5.69 Å². The molecule has 8 N–H and O–H groups in total. The third kappa shape index (κ3) is 1.48. The fourth-order valence-electron chi connectivity index (χ4n) is 1.08. The van der Waals surface area contributed by atoms with Crippen LogP contribution in [0.25, 0.3) is 0 Å². The topological polar surface area (TPSA) is 104 Å². The van der Waals surface area contributed by atoms with Crippen molar-refractivity contribution >= 4 is 22.7 Å². The average molecular weight is 206 g/mol. The summed E-state index contributed by atoms with van der Waals surface area (Å²) in [5.41, 5.74) is 18.2. The highest BCUT2D eigenvalue weighted by molar-refractivity contribution is 5.85. The molecule has 0 bridgehead atoms. The SMILES string of the molecule is Nc1cc(N)c(C(F)(F)F)c(N)c1N. The molecule has 4 nitrogen and oxygen atoms in total. The number of anilines is 4. The molecule has 7 heteroatoms. The standard InChI is InChI=1S/C7H9F3N4/c8-7(9,10)4-2(11)1-3(12)5(13)6(4)14/h1H,11-14H2. The molecule has 0 saturated carbocycles. The van der Waals surface area contributed by atoms with Gasteiger partial charge in [0.05, 0.1) is 17.1 Å². The van der Waals surface area contributed by atoms with Crippen molar-refractivity contribution in [1.29, 1.82) is 0 Å². The third-order valence-corrected chi connectivity index (χ3v) is 1.75. The molecule has 0 aliphatic heterocycles. The number of nitrogen functional groups attached to an aromatic ring is 4. The van der Waals surface area contributed by atoms with Crippen LogP contribution in [0.4, 0.5) is 35.9 Å². The van der Waals surface area contributed by atoms with Gasteiger partial charge < -0.3 is 22.9 Å². The molecule has 0 amide bonds. The van der Waals surface area contributed by atoms with E-state index in [0.717, 1.165) is 6.07 Å². The Balaban J connectivity index is 3.53. The zero-order valence-corrected chi connectivity index (χ0v) is 7.02. The van der Waals surface area contributed by atoms with E-state index in [-0.39, 0.29) is 11.4 Å². The van der Waals surface area contributed by atoms with E-state index in [1.165, 1.54) is 0 Å². The van der Waals surface area contributed by atoms with Crippen LogP contribution in [0.2, 0.25) is 0 Å². The molecule has 1 aromatic carbocycles. The molecule has 0 aliphatic rings. The second-order valence-electron chi connectivity index (χ2n) is 2.76. The van der Waals surface area contributed by atoms with E-state index in [1.54, 1.807) is 0 Å². The molecule has 0 spiro atoms. The maximum absolute atomic E-state index is 12.4. The molecule has 78 valence electrons. The van der Waals surface area contributed by atoms with Crippen molar-refractivity contribution in [2.24, 2.45) is 0 Å². The molecule has 1 rings (SSSR count). The highest BCUT2D eigenvalue weighted by Gasteiger charge is 2.36. The normalized spacial score (nSPS) is 11.6. The molecule has 0 aromatic heterocycles. The van der Waals surface area contributed by atoms with Crippen LogP contribution in [0.1, 0.15) is 5.56 Å². The fourth-order valence-corrected chi connectivity index (χ4v) is 1.08. The lowest BCUT2D eigenvalue weighted by atomic mass is 10.1. The maximum Gasteiger partial charge on any atom is 0.420 e. The van der Waals surface area contributed by atoms with E-state index < -0.39 is 23.1 Å². The van der Waals surface area contributed by atoms with Crippen molar-refractivity contribution in [3.63, 3.8) is 0 Å². The first-order chi connectivity index (χ1) is 6.25. The summed E-state index contributed by atoms with van der Waals surface area (Å²) in [6.07, 6.45) is -4.63. The van der Waals surface area contributed by atoms with Crippen LogP contribution in [0.3, 0.4) is 0 Å². The highest BCUT2D eigenvalue weighted by atomic mass is 19.4. The number of halogens is 3. The molecular formula is C7H9F3N4. The Labute approximate surface area is 77.7 Å². The molecule has 1 aromatic rings. The maximum atomic E-state index is 12.4. The summed E-state index contributed by atoms with van der Waals surface area (Å²) in [4.78, 5) is 0. The number of rotatable bonds is 0. The first kappa shape index (κ1) is 10.3. The second kappa shape index (κ2) is 2.86. The van der Waals surface area contributed by atoms with Gasteiger partial charge in [-0.15, -0.1) is 0 Å². The molecule has 0 fully saturated rings. The van der Waals surface area contributed by atoms with Gasteiger partial charge in [0.1, 0.15) is 5.56 Å². The average Bonchev–Trinajstić information content (AvgIpc) is 1.97. The number of hydrogen-bond donors (Lipinski definition) is 4. The number of hydrogen-bond acceptors (Lipinski definition) is 4. The smallest absolute Gasteiger partial charge is 0.398 e. The Hall–Kier alpha value is -1.79. The summed E-state index contributed by atoms with van der Waals surface area (Å²) in [6, 6.07) is 0.939. The van der Waals surface area contributed by atoms with E-state index >= 15 is 0 Å². The van der Waals surface area contributed by atoms with Crippen molar-refractivity contribution in [3.8, 4) is 0 Å². The molecule has 0 atom stereocenters. The van der Waals surface area contributed by atoms with Gasteiger partial charge in [-0.2, -0.15) is 13.2 Å². The molecular weight excluding hydrogens is 197 g/mol. The van der Waals surface area contributed by atoms with Gasteiger partial charge >= 0.3 is 6.18 Å². The van der Waals surface area contributed by atoms with Crippen LogP contribution in [0, 0.1) is 0 Å². The fraction of sp³-hybridized carbons (Fsp3) is 0.143. The van der Waals surface area contributed by atoms with E-state index in [0.29, 0.717) is 0 Å². The predicted octanol–water partition coefficient (Wildman–Crippen LogP) is 1.03. The summed E-state index contributed by atoms with van der Waals surface area (Å²) >= 11 is 0. The van der Waals surface area contributed by atoms with Gasteiger partial charge in [-0.05, 0) is 6.07 Å². The lowest BCUT2D eigenvalue weighted by molar-refractivity contribution is -0.136. The number of alkyl halides is 3. The number of benzene rings is 1. The first-order valence-electron chi connectivity index (χ1n) is 3.55. The second-order valence-corrected chi connectivity index (χ2v) is 2.76. The van der Waals surface area contributed by atoms with E-state index in [1.807, 2.05) is 0 Å². The van der Waals surface area contributed by atoms with Crippen LogP contribution in [-0.4, -0.2) is 0 Å². The largest absolute Gasteiger partial charge is 0.420 e. The first-order valence-corrected chi connectivity index (χ1v) is 3.55. The van der Waals surface area contributed by atoms with E-state index in [2.05, 4.69) is 0 Å². The van der Waals surface area contributed by atoms with E-state index in [4.69, 9.17) is 22.9 Å². The lowest BCUT2D eigenvalue weighted by Gasteiger charge is -2.15. The van der Waals surface area contributed by atoms with Gasteiger partial charge in [0.15, 0.2) is 0 Å². The van der Waals surface area contributed by atoms with E-state index in [9.17, 15) is 13.2 Å². The Morgan fingerprint density at radius 2 is 1.36 bits per heavy atom. The number of nitrogens with two attached hydrogens (primary N) is 4. The Morgan fingerprint density at radius 3 is 1.79 bits per heavy atom. The summed E-state index contributed by atoms with van der Waals surface area (Å²) in [5, 5.41) is 0. The monoisotopic (exact) mass is 206 g/mol. The minimum absolute atomic E-state index is 0.0620. The highest BCUT2D eigenvalue weighted by Crippen LogP contribution is 2.42. The molecule has 0 unspecified atom stereocenters. The van der Waals surface area contributed by atoms with Gasteiger partial charge in [-0.25, -0.2) is 0 Å². The Bertz CT molecular complexity index is 372. The van der Waals surface area contributed by atoms with Gasteiger partial charge in [-0.3, -0.25) is 0 Å². The van der Waals surface area contributed by atoms with Crippen LogP contribution < -0.4 is 22.9 Å². The quantitative estimate of drug-likeness (QED) is 0.476. The minimum Gasteiger partial charge on any atom is -0.398 e. The summed E-state index contributed by atoms with van der Waals surface area (Å²) < 4.78 is 37.1. The zero-order chi connectivity index (χ0) is 11.1. The zero-order valence-electron chi connectivity index (χ0n) is 7.02. The molecule has 14 heavy (non-hydrogen) atoms. The van der Waals surface area contributed by atoms with Crippen molar-refractivity contribution in [1.82, 2.24) is 0 Å². The summed E-state index contributed by atoms with van der Waals surface area (Å²) in [6.45, 7) is 0. The lowest BCUT2D eigenvalue weighted by Crippen LogP contribution is -2.15. The van der Waals surface area contributed by atoms with Crippen molar-refractivity contribution in [3.05, 3.63) is 11.6 Å². The molecule has 0 aliphatic carbocycles. The predicted molar refractivity (Wildman–Crippen MR) is 49.1 cm³/mol. The van der Waals surface area contributed by atoms with Gasteiger partial charge in [-0.1, -0.05) is 0 Å². The third-order valence-electron chi connectivity index (χ3n) is 1.75. The van der Waals surface area contributed by atoms with Crippen molar-refractivity contribution in [2.75, 3.05) is 22.9 Å². The van der Waals surface area contributed by atoms with Crippen LogP contribution >= 0.6 is 0 Å². The minimum atomic E-state index is -4.63. The van der Waals surface area contributed by atoms with Gasteiger partial charge in [0.2, 0.25) is 0 Å². The van der Waals surface area contributed by atoms with Crippen LogP contribution in [0.15, 0.2) is 6.07 Å². The van der Waals surface area contributed by atoms with Crippen molar-refractivity contribution < 1.29 is 13.2 Å². The summed E-state index contributed by atoms with van der Waals surface area (Å²) in [7, 11) is 0. The molecule has 0 saturated heterocycles.